The Morgan fingerprint density at radius 3 is 2.60 bits per heavy atom. The van der Waals surface area contributed by atoms with Crippen LogP contribution in [0.2, 0.25) is 0 Å². The van der Waals surface area contributed by atoms with Crippen LogP contribution in [-0.4, -0.2) is 65.8 Å². The summed E-state index contributed by atoms with van der Waals surface area (Å²) >= 11 is 0. The van der Waals surface area contributed by atoms with Crippen molar-refractivity contribution in [3.63, 3.8) is 0 Å². The molecule has 1 aromatic carbocycles. The molecule has 0 atom stereocenters. The number of halogens is 1. The number of rotatable bonds is 6. The Hall–Kier alpha value is -5.00. The van der Waals surface area contributed by atoms with Crippen LogP contribution in [0, 0.1) is 12.7 Å². The van der Waals surface area contributed by atoms with Gasteiger partial charge in [0.15, 0.2) is 11.5 Å². The number of amides is 2. The number of pyridine rings is 2. The molecule has 11 nitrogen and oxygen atoms in total. The molecule has 0 aliphatic carbocycles. The van der Waals surface area contributed by atoms with Gasteiger partial charge in [0.05, 0.1) is 29.2 Å². The van der Waals surface area contributed by atoms with E-state index in [2.05, 4.69) is 25.3 Å². The first-order valence-electron chi connectivity index (χ1n) is 15.0. The van der Waals surface area contributed by atoms with Crippen LogP contribution in [0.1, 0.15) is 55.4 Å². The number of fused-ring (bicyclic) bond motifs is 2. The van der Waals surface area contributed by atoms with Crippen LogP contribution in [0.3, 0.4) is 0 Å². The smallest absolute Gasteiger partial charge is 0.410 e. The molecular weight excluding hydrogens is 575 g/mol. The minimum absolute atomic E-state index is 0.0236. The SMILES string of the molecule is Cc1cn2cc(NC(=O)c3ccc(N4CCC(N(Cc5ccccn5)C(=O)OC(C)(C)C)CC4)c4cn(C)nc34)cc(F)c2n1. The molecule has 0 unspecified atom stereocenters. The third kappa shape index (κ3) is 6.45. The average Bonchev–Trinajstić information content (AvgIpc) is 3.57. The summed E-state index contributed by atoms with van der Waals surface area (Å²) in [6, 6.07) is 10.6. The van der Waals surface area contributed by atoms with Gasteiger partial charge in [-0.25, -0.2) is 14.2 Å². The molecule has 1 fully saturated rings. The fourth-order valence-corrected chi connectivity index (χ4v) is 5.86. The van der Waals surface area contributed by atoms with Crippen LogP contribution >= 0.6 is 0 Å². The molecule has 0 spiro atoms. The monoisotopic (exact) mass is 612 g/mol. The maximum absolute atomic E-state index is 14.6. The molecule has 45 heavy (non-hydrogen) atoms. The van der Waals surface area contributed by atoms with Gasteiger partial charge < -0.3 is 19.4 Å². The van der Waals surface area contributed by atoms with Crippen LogP contribution in [0.5, 0.6) is 0 Å². The first-order chi connectivity index (χ1) is 21.4. The molecule has 234 valence electrons. The summed E-state index contributed by atoms with van der Waals surface area (Å²) in [5.41, 5.74) is 3.30. The second kappa shape index (κ2) is 11.8. The Morgan fingerprint density at radius 2 is 1.89 bits per heavy atom. The van der Waals surface area contributed by atoms with Crippen molar-refractivity contribution in [2.75, 3.05) is 23.3 Å². The predicted molar refractivity (Wildman–Crippen MR) is 170 cm³/mol. The number of carbonyl (C=O) groups is 2. The van der Waals surface area contributed by atoms with Gasteiger partial charge in [-0.1, -0.05) is 6.07 Å². The number of nitrogens with zero attached hydrogens (tertiary/aromatic N) is 7. The van der Waals surface area contributed by atoms with Gasteiger partial charge in [0.2, 0.25) is 0 Å². The van der Waals surface area contributed by atoms with Crippen molar-refractivity contribution in [2.45, 2.75) is 58.7 Å². The van der Waals surface area contributed by atoms with E-state index in [1.807, 2.05) is 58.3 Å². The van der Waals surface area contributed by atoms with Crippen molar-refractivity contribution in [3.8, 4) is 0 Å². The molecule has 6 rings (SSSR count). The molecule has 1 saturated heterocycles. The van der Waals surface area contributed by atoms with Crippen molar-refractivity contribution in [2.24, 2.45) is 7.05 Å². The molecule has 12 heteroatoms. The third-order valence-corrected chi connectivity index (χ3v) is 7.83. The van der Waals surface area contributed by atoms with Crippen molar-refractivity contribution < 1.29 is 18.7 Å². The van der Waals surface area contributed by atoms with E-state index in [-0.39, 0.29) is 23.7 Å². The van der Waals surface area contributed by atoms with Gasteiger partial charge >= 0.3 is 6.09 Å². The minimum atomic E-state index is -0.612. The Labute approximate surface area is 260 Å². The number of benzene rings is 1. The zero-order valence-corrected chi connectivity index (χ0v) is 26.1. The third-order valence-electron chi connectivity index (χ3n) is 7.83. The summed E-state index contributed by atoms with van der Waals surface area (Å²) in [6.07, 6.45) is 8.09. The maximum Gasteiger partial charge on any atom is 0.410 e. The summed E-state index contributed by atoms with van der Waals surface area (Å²) in [7, 11) is 1.82. The number of aromatic nitrogens is 5. The summed E-state index contributed by atoms with van der Waals surface area (Å²) in [4.78, 5) is 39.4. The molecular formula is C33H37FN8O3. The lowest BCUT2D eigenvalue weighted by Gasteiger charge is -2.40. The number of ether oxygens (including phenoxy) is 1. The molecule has 0 bridgehead atoms. The predicted octanol–water partition coefficient (Wildman–Crippen LogP) is 5.72. The first-order valence-corrected chi connectivity index (χ1v) is 15.0. The lowest BCUT2D eigenvalue weighted by atomic mass is 10.0. The van der Waals surface area contributed by atoms with Crippen LogP contribution in [0.4, 0.5) is 20.6 Å². The number of carbonyl (C=O) groups excluding carboxylic acids is 2. The van der Waals surface area contributed by atoms with Crippen LogP contribution in [0.25, 0.3) is 16.6 Å². The molecule has 2 amide bonds. The molecule has 5 heterocycles. The van der Waals surface area contributed by atoms with Crippen molar-refractivity contribution in [1.29, 1.82) is 0 Å². The number of nitrogens with one attached hydrogen (secondary N) is 1. The maximum atomic E-state index is 14.6. The number of hydrogen-bond donors (Lipinski definition) is 1. The van der Waals surface area contributed by atoms with E-state index in [1.165, 1.54) is 6.07 Å². The van der Waals surface area contributed by atoms with Crippen molar-refractivity contribution in [3.05, 3.63) is 84.0 Å². The highest BCUT2D eigenvalue weighted by atomic mass is 19.1. The summed E-state index contributed by atoms with van der Waals surface area (Å²) in [6.45, 7) is 9.16. The normalized spacial score (nSPS) is 14.2. The molecule has 1 N–H and O–H groups in total. The van der Waals surface area contributed by atoms with Crippen LogP contribution in [-0.2, 0) is 18.3 Å². The Balaban J connectivity index is 1.21. The number of piperidine rings is 1. The fourth-order valence-electron chi connectivity index (χ4n) is 5.86. The second-order valence-electron chi connectivity index (χ2n) is 12.5. The molecule has 1 aliphatic rings. The fraction of sp³-hybridized carbons (Fsp3) is 0.364. The zero-order chi connectivity index (χ0) is 31.9. The molecule has 0 radical (unpaired) electrons. The Bertz CT molecular complexity index is 1870. The Kier molecular flexibility index (Phi) is 7.90. The lowest BCUT2D eigenvalue weighted by Crippen LogP contribution is -2.48. The number of hydrogen-bond acceptors (Lipinski definition) is 7. The number of aryl methyl sites for hydroxylation is 2. The standard InChI is InChI=1S/C33H37FN8O3/c1-21-17-41-18-23(16-27(34)30(41)36-21)37-31(43)25-9-10-28(26-20-39(5)38-29(25)26)40-14-11-24(12-15-40)42(32(44)45-33(2,3)4)19-22-8-6-7-13-35-22/h6-10,13,16-18,20,24H,11-12,14-15,19H2,1-5H3,(H,37,43). The van der Waals surface area contributed by atoms with Gasteiger partial charge in [0.25, 0.3) is 5.91 Å². The number of anilines is 2. The van der Waals surface area contributed by atoms with E-state index >= 15 is 0 Å². The average molecular weight is 613 g/mol. The molecule has 4 aromatic heterocycles. The van der Waals surface area contributed by atoms with Gasteiger partial charge in [0, 0.05) is 68.1 Å². The topological polar surface area (TPSA) is 110 Å². The minimum Gasteiger partial charge on any atom is -0.444 e. The van der Waals surface area contributed by atoms with Gasteiger partial charge in [-0.2, -0.15) is 5.10 Å². The van der Waals surface area contributed by atoms with Gasteiger partial charge in [-0.05, 0) is 64.8 Å². The van der Waals surface area contributed by atoms with E-state index in [4.69, 9.17) is 4.74 Å². The Morgan fingerprint density at radius 1 is 1.11 bits per heavy atom. The first kappa shape index (κ1) is 30.0. The molecule has 5 aromatic rings. The van der Waals surface area contributed by atoms with Gasteiger partial charge in [-0.3, -0.25) is 19.4 Å². The number of imidazole rings is 1. The highest BCUT2D eigenvalue weighted by molar-refractivity contribution is 6.13. The highest BCUT2D eigenvalue weighted by Gasteiger charge is 2.32. The summed E-state index contributed by atoms with van der Waals surface area (Å²) < 4.78 is 23.7. The summed E-state index contributed by atoms with van der Waals surface area (Å²) in [5.74, 6) is -0.907. The van der Waals surface area contributed by atoms with E-state index in [9.17, 15) is 14.0 Å². The highest BCUT2D eigenvalue weighted by Crippen LogP contribution is 2.33. The van der Waals surface area contributed by atoms with Gasteiger partial charge in [0.1, 0.15) is 11.1 Å². The van der Waals surface area contributed by atoms with Crippen LogP contribution < -0.4 is 10.2 Å². The molecule has 0 saturated carbocycles. The second-order valence-corrected chi connectivity index (χ2v) is 12.5. The van der Waals surface area contributed by atoms with E-state index in [0.29, 0.717) is 42.1 Å². The van der Waals surface area contributed by atoms with Gasteiger partial charge in [-0.15, -0.1) is 0 Å². The largest absolute Gasteiger partial charge is 0.444 e. The summed E-state index contributed by atoms with van der Waals surface area (Å²) in [5, 5.41) is 8.27. The lowest BCUT2D eigenvalue weighted by molar-refractivity contribution is 0.0110. The quantitative estimate of drug-likeness (QED) is 0.261. The van der Waals surface area contributed by atoms with Crippen molar-refractivity contribution >= 4 is 39.9 Å². The van der Waals surface area contributed by atoms with E-state index < -0.39 is 11.4 Å². The van der Waals surface area contributed by atoms with E-state index in [0.717, 1.165) is 29.6 Å². The zero-order valence-electron chi connectivity index (χ0n) is 26.1. The van der Waals surface area contributed by atoms with E-state index in [1.54, 1.807) is 45.6 Å². The van der Waals surface area contributed by atoms with Crippen LogP contribution in [0.15, 0.2) is 61.2 Å². The van der Waals surface area contributed by atoms with Crippen molar-refractivity contribution in [1.82, 2.24) is 29.0 Å². The molecule has 1 aliphatic heterocycles.